The minimum atomic E-state index is -0.265. The van der Waals surface area contributed by atoms with Gasteiger partial charge in [-0.05, 0) is 47.2 Å². The summed E-state index contributed by atoms with van der Waals surface area (Å²) in [5, 5.41) is 0. The summed E-state index contributed by atoms with van der Waals surface area (Å²) in [6.07, 6.45) is 1.06. The molecule has 0 fully saturated rings. The number of rotatable bonds is 6. The zero-order chi connectivity index (χ0) is 15.2. The van der Waals surface area contributed by atoms with Gasteiger partial charge in [-0.15, -0.1) is 0 Å². The molecular weight excluding hydrogens is 265 g/mol. The smallest absolute Gasteiger partial charge is 0.123 e. The minimum absolute atomic E-state index is 0.265. The van der Waals surface area contributed by atoms with Crippen molar-refractivity contribution in [2.75, 3.05) is 0 Å². The second kappa shape index (κ2) is 7.23. The first-order chi connectivity index (χ1) is 10.2. The molecule has 2 N–H and O–H groups in total. The number of hydrogen-bond donors (Lipinski definition) is 1. The molecule has 0 bridgehead atoms. The van der Waals surface area contributed by atoms with Crippen LogP contribution in [0, 0.1) is 5.82 Å². The van der Waals surface area contributed by atoms with Crippen LogP contribution in [0.5, 0.6) is 5.75 Å². The van der Waals surface area contributed by atoms with E-state index in [0.29, 0.717) is 19.1 Å². The molecular formula is C18H22FNO. The Morgan fingerprint density at radius 2 is 1.90 bits per heavy atom. The first kappa shape index (κ1) is 15.5. The van der Waals surface area contributed by atoms with Crippen LogP contribution in [0.25, 0.3) is 0 Å². The zero-order valence-electron chi connectivity index (χ0n) is 12.6. The fourth-order valence-corrected chi connectivity index (χ4v) is 2.32. The summed E-state index contributed by atoms with van der Waals surface area (Å²) in [6, 6.07) is 12.7. The molecule has 0 aliphatic rings. The van der Waals surface area contributed by atoms with Gasteiger partial charge in [0.05, 0.1) is 0 Å². The lowest BCUT2D eigenvalue weighted by Crippen LogP contribution is -2.06. The fraction of sp³-hybridized carbons (Fsp3) is 0.333. The lowest BCUT2D eigenvalue weighted by atomic mass is 9.98. The minimum Gasteiger partial charge on any atom is -0.489 e. The molecule has 2 rings (SSSR count). The molecule has 0 spiro atoms. The van der Waals surface area contributed by atoms with Crippen LogP contribution in [0.15, 0.2) is 42.5 Å². The summed E-state index contributed by atoms with van der Waals surface area (Å²) in [4.78, 5) is 0. The normalized spacial score (nSPS) is 12.2. The maximum absolute atomic E-state index is 13.2. The quantitative estimate of drug-likeness (QED) is 0.856. The maximum atomic E-state index is 13.2. The van der Waals surface area contributed by atoms with E-state index in [1.165, 1.54) is 17.7 Å². The Kier molecular flexibility index (Phi) is 5.34. The highest BCUT2D eigenvalue weighted by molar-refractivity contribution is 5.36. The Morgan fingerprint density at radius 1 is 1.14 bits per heavy atom. The van der Waals surface area contributed by atoms with Crippen LogP contribution in [0.1, 0.15) is 42.9 Å². The van der Waals surface area contributed by atoms with Crippen molar-refractivity contribution in [2.24, 2.45) is 5.73 Å². The molecule has 0 radical (unpaired) electrons. The van der Waals surface area contributed by atoms with Crippen molar-refractivity contribution in [1.29, 1.82) is 0 Å². The van der Waals surface area contributed by atoms with Gasteiger partial charge in [-0.2, -0.15) is 0 Å². The van der Waals surface area contributed by atoms with Crippen LogP contribution >= 0.6 is 0 Å². The van der Waals surface area contributed by atoms with Gasteiger partial charge in [-0.1, -0.05) is 38.1 Å². The number of hydrogen-bond acceptors (Lipinski definition) is 2. The van der Waals surface area contributed by atoms with Crippen LogP contribution in [0.3, 0.4) is 0 Å². The topological polar surface area (TPSA) is 35.2 Å². The second-order valence-electron chi connectivity index (χ2n) is 5.25. The van der Waals surface area contributed by atoms with E-state index in [4.69, 9.17) is 10.5 Å². The number of nitrogens with two attached hydrogens (primary N) is 1. The molecule has 1 unspecified atom stereocenters. The molecule has 0 aliphatic heterocycles. The number of halogens is 1. The van der Waals surface area contributed by atoms with Crippen LogP contribution in [-0.2, 0) is 13.2 Å². The Morgan fingerprint density at radius 3 is 2.62 bits per heavy atom. The van der Waals surface area contributed by atoms with Crippen molar-refractivity contribution in [3.05, 3.63) is 65.0 Å². The van der Waals surface area contributed by atoms with E-state index in [9.17, 15) is 4.39 Å². The standard InChI is InChI=1S/C18H22FNO/c1-3-13(2)17-6-4-5-7-18(17)21-12-14-8-9-16(19)10-15(14)11-20/h4-10,13H,3,11-12,20H2,1-2H3. The van der Waals surface area contributed by atoms with Gasteiger partial charge in [-0.25, -0.2) is 4.39 Å². The van der Waals surface area contributed by atoms with Crippen molar-refractivity contribution >= 4 is 0 Å². The predicted octanol–water partition coefficient (Wildman–Crippen LogP) is 4.38. The predicted molar refractivity (Wildman–Crippen MR) is 83.8 cm³/mol. The second-order valence-corrected chi connectivity index (χ2v) is 5.25. The van der Waals surface area contributed by atoms with E-state index in [1.54, 1.807) is 6.07 Å². The molecule has 2 nitrogen and oxygen atoms in total. The highest BCUT2D eigenvalue weighted by atomic mass is 19.1. The van der Waals surface area contributed by atoms with E-state index in [-0.39, 0.29) is 5.82 Å². The fourth-order valence-electron chi connectivity index (χ4n) is 2.32. The van der Waals surface area contributed by atoms with E-state index in [0.717, 1.165) is 23.3 Å². The zero-order valence-corrected chi connectivity index (χ0v) is 12.6. The third kappa shape index (κ3) is 3.82. The monoisotopic (exact) mass is 287 g/mol. The van der Waals surface area contributed by atoms with Gasteiger partial charge >= 0.3 is 0 Å². The molecule has 112 valence electrons. The van der Waals surface area contributed by atoms with E-state index in [2.05, 4.69) is 19.9 Å². The van der Waals surface area contributed by atoms with Crippen LogP contribution in [0.2, 0.25) is 0 Å². The van der Waals surface area contributed by atoms with E-state index >= 15 is 0 Å². The van der Waals surface area contributed by atoms with Gasteiger partial charge in [0.1, 0.15) is 18.2 Å². The first-order valence-corrected chi connectivity index (χ1v) is 7.34. The summed E-state index contributed by atoms with van der Waals surface area (Å²) in [7, 11) is 0. The molecule has 0 saturated heterocycles. The van der Waals surface area contributed by atoms with Crippen molar-refractivity contribution < 1.29 is 9.13 Å². The Labute approximate surface area is 125 Å². The Hall–Kier alpha value is -1.87. The molecule has 2 aromatic rings. The highest BCUT2D eigenvalue weighted by Gasteiger charge is 2.10. The van der Waals surface area contributed by atoms with E-state index in [1.807, 2.05) is 18.2 Å². The summed E-state index contributed by atoms with van der Waals surface area (Å²) in [5.41, 5.74) is 8.59. The summed E-state index contributed by atoms with van der Waals surface area (Å²) in [6.45, 7) is 5.06. The number of para-hydroxylation sites is 1. The van der Waals surface area contributed by atoms with Crippen LogP contribution in [-0.4, -0.2) is 0 Å². The van der Waals surface area contributed by atoms with Gasteiger partial charge in [0.25, 0.3) is 0 Å². The SMILES string of the molecule is CCC(C)c1ccccc1OCc1ccc(F)cc1CN. The van der Waals surface area contributed by atoms with Crippen molar-refractivity contribution in [3.63, 3.8) is 0 Å². The van der Waals surface area contributed by atoms with Gasteiger partial charge in [0.15, 0.2) is 0 Å². The largest absolute Gasteiger partial charge is 0.489 e. The highest BCUT2D eigenvalue weighted by Crippen LogP contribution is 2.29. The summed E-state index contributed by atoms with van der Waals surface area (Å²) in [5.74, 6) is 1.07. The Balaban J connectivity index is 2.17. The molecule has 3 heteroatoms. The maximum Gasteiger partial charge on any atom is 0.123 e. The molecule has 21 heavy (non-hydrogen) atoms. The molecule has 2 aromatic carbocycles. The number of ether oxygens (including phenoxy) is 1. The lowest BCUT2D eigenvalue weighted by Gasteiger charge is -2.16. The Bertz CT molecular complexity index is 598. The molecule has 0 aromatic heterocycles. The van der Waals surface area contributed by atoms with Crippen molar-refractivity contribution in [2.45, 2.75) is 39.3 Å². The molecule has 0 aliphatic carbocycles. The molecule has 0 heterocycles. The lowest BCUT2D eigenvalue weighted by molar-refractivity contribution is 0.299. The average Bonchev–Trinajstić information content (AvgIpc) is 2.53. The van der Waals surface area contributed by atoms with Gasteiger partial charge in [-0.3, -0.25) is 0 Å². The molecule has 0 amide bonds. The van der Waals surface area contributed by atoms with Crippen LogP contribution in [0.4, 0.5) is 4.39 Å². The molecule has 1 atom stereocenters. The summed E-state index contributed by atoms with van der Waals surface area (Å²) >= 11 is 0. The van der Waals surface area contributed by atoms with Gasteiger partial charge < -0.3 is 10.5 Å². The average molecular weight is 287 g/mol. The number of benzene rings is 2. The van der Waals surface area contributed by atoms with Crippen molar-refractivity contribution in [1.82, 2.24) is 0 Å². The van der Waals surface area contributed by atoms with Gasteiger partial charge in [0.2, 0.25) is 0 Å². The summed E-state index contributed by atoms with van der Waals surface area (Å²) < 4.78 is 19.2. The first-order valence-electron chi connectivity index (χ1n) is 7.34. The van der Waals surface area contributed by atoms with Crippen molar-refractivity contribution in [3.8, 4) is 5.75 Å². The van der Waals surface area contributed by atoms with E-state index < -0.39 is 0 Å². The molecule has 0 saturated carbocycles. The van der Waals surface area contributed by atoms with Crippen LogP contribution < -0.4 is 10.5 Å². The third-order valence-electron chi connectivity index (χ3n) is 3.83. The third-order valence-corrected chi connectivity index (χ3v) is 3.83. The van der Waals surface area contributed by atoms with Gasteiger partial charge in [0, 0.05) is 6.54 Å².